The van der Waals surface area contributed by atoms with Gasteiger partial charge in [0.1, 0.15) is 12.4 Å². The van der Waals surface area contributed by atoms with Crippen LogP contribution in [0, 0.1) is 10.1 Å². The van der Waals surface area contributed by atoms with E-state index < -0.39 is 11.0 Å². The van der Waals surface area contributed by atoms with Gasteiger partial charge in [0.25, 0.3) is 5.69 Å². The van der Waals surface area contributed by atoms with Crippen LogP contribution in [0.5, 0.6) is 5.75 Å². The third-order valence-electron chi connectivity index (χ3n) is 2.98. The molecule has 0 saturated carbocycles. The van der Waals surface area contributed by atoms with Gasteiger partial charge in [-0.1, -0.05) is 23.7 Å². The van der Waals surface area contributed by atoms with Crippen LogP contribution in [0.3, 0.4) is 0 Å². The third kappa shape index (κ3) is 3.93. The number of aliphatic hydroxyl groups excluding tert-OH is 1. The molecule has 2 aromatic carbocycles. The second kappa shape index (κ2) is 6.56. The number of rotatable bonds is 5. The minimum absolute atomic E-state index is 0.0523. The summed E-state index contributed by atoms with van der Waals surface area (Å²) in [5.74, 6) is 0.539. The number of nitrogens with zero attached hydrogens (tertiary/aromatic N) is 1. The largest absolute Gasteiger partial charge is 0.489 e. The van der Waals surface area contributed by atoms with E-state index in [4.69, 9.17) is 16.3 Å². The number of nitro benzene ring substituents is 1. The predicted octanol–water partition coefficient (Wildman–Crippen LogP) is 3.88. The number of benzene rings is 2. The maximum atomic E-state index is 11.0. The molecule has 5 nitrogen and oxygen atoms in total. The Morgan fingerprint density at radius 1 is 1.33 bits per heavy atom. The lowest BCUT2D eigenvalue weighted by Gasteiger charge is -2.10. The molecule has 1 atom stereocenters. The van der Waals surface area contributed by atoms with Gasteiger partial charge >= 0.3 is 0 Å². The van der Waals surface area contributed by atoms with Gasteiger partial charge in [-0.3, -0.25) is 10.1 Å². The molecule has 0 amide bonds. The fourth-order valence-electron chi connectivity index (χ4n) is 1.85. The number of nitro groups is 1. The average molecular weight is 308 g/mol. The van der Waals surface area contributed by atoms with Crippen molar-refractivity contribution in [3.05, 3.63) is 68.7 Å². The summed E-state index contributed by atoms with van der Waals surface area (Å²) >= 11 is 5.76. The molecular formula is C15H14ClNO4. The number of halogens is 1. The van der Waals surface area contributed by atoms with Crippen LogP contribution in [-0.4, -0.2) is 10.0 Å². The minimum Gasteiger partial charge on any atom is -0.489 e. The molecule has 0 heterocycles. The van der Waals surface area contributed by atoms with Crippen molar-refractivity contribution in [1.29, 1.82) is 0 Å². The Morgan fingerprint density at radius 3 is 2.76 bits per heavy atom. The highest BCUT2D eigenvalue weighted by Gasteiger charge is 2.14. The first-order valence-electron chi connectivity index (χ1n) is 6.31. The van der Waals surface area contributed by atoms with Crippen LogP contribution in [-0.2, 0) is 6.61 Å². The summed E-state index contributed by atoms with van der Waals surface area (Å²) in [5, 5.41) is 20.8. The summed E-state index contributed by atoms with van der Waals surface area (Å²) in [5.41, 5.74) is 1.08. The minimum atomic E-state index is -0.599. The normalized spacial score (nSPS) is 12.0. The summed E-state index contributed by atoms with van der Waals surface area (Å²) in [6.07, 6.45) is -0.599. The molecule has 110 valence electrons. The van der Waals surface area contributed by atoms with Crippen molar-refractivity contribution in [2.24, 2.45) is 0 Å². The van der Waals surface area contributed by atoms with E-state index in [9.17, 15) is 15.2 Å². The summed E-state index contributed by atoms with van der Waals surface area (Å²) in [7, 11) is 0. The molecule has 21 heavy (non-hydrogen) atoms. The molecule has 0 fully saturated rings. The zero-order valence-electron chi connectivity index (χ0n) is 11.3. The molecule has 2 aromatic rings. The van der Waals surface area contributed by atoms with Crippen LogP contribution in [0.2, 0.25) is 5.02 Å². The molecule has 2 rings (SSSR count). The van der Waals surface area contributed by atoms with Gasteiger partial charge in [0.05, 0.1) is 16.6 Å². The number of aliphatic hydroxyl groups is 1. The van der Waals surface area contributed by atoms with Crippen LogP contribution in [0.4, 0.5) is 5.69 Å². The number of ether oxygens (including phenoxy) is 1. The molecule has 0 spiro atoms. The molecule has 0 saturated heterocycles. The van der Waals surface area contributed by atoms with E-state index in [0.717, 1.165) is 5.56 Å². The topological polar surface area (TPSA) is 72.6 Å². The molecule has 0 bridgehead atoms. The van der Waals surface area contributed by atoms with Gasteiger partial charge in [0.2, 0.25) is 0 Å². The maximum Gasteiger partial charge on any atom is 0.277 e. The molecular weight excluding hydrogens is 294 g/mol. The summed E-state index contributed by atoms with van der Waals surface area (Å²) in [6.45, 7) is 1.71. The standard InChI is InChI=1S/C15H14ClNO4/c1-10(18)11-3-2-4-14(7-11)21-9-12-5-6-13(16)8-15(12)17(19)20/h2-8,10,18H,9H2,1H3. The van der Waals surface area contributed by atoms with Crippen molar-refractivity contribution in [3.63, 3.8) is 0 Å². The van der Waals surface area contributed by atoms with E-state index in [0.29, 0.717) is 16.3 Å². The highest BCUT2D eigenvalue weighted by atomic mass is 35.5. The third-order valence-corrected chi connectivity index (χ3v) is 3.21. The van der Waals surface area contributed by atoms with E-state index in [-0.39, 0.29) is 12.3 Å². The summed E-state index contributed by atoms with van der Waals surface area (Å²) < 4.78 is 5.55. The van der Waals surface area contributed by atoms with E-state index in [1.54, 1.807) is 43.3 Å². The van der Waals surface area contributed by atoms with Gasteiger partial charge in [-0.05, 0) is 36.8 Å². The van der Waals surface area contributed by atoms with E-state index in [1.165, 1.54) is 6.07 Å². The zero-order chi connectivity index (χ0) is 15.4. The van der Waals surface area contributed by atoms with Gasteiger partial charge in [0.15, 0.2) is 0 Å². The second-order valence-corrected chi connectivity index (χ2v) is 5.00. The Hall–Kier alpha value is -2.11. The lowest BCUT2D eigenvalue weighted by Crippen LogP contribution is -2.01. The van der Waals surface area contributed by atoms with E-state index in [2.05, 4.69) is 0 Å². The molecule has 1 unspecified atom stereocenters. The van der Waals surface area contributed by atoms with Crippen molar-refractivity contribution in [2.75, 3.05) is 0 Å². The summed E-state index contributed by atoms with van der Waals surface area (Å²) in [6, 6.07) is 11.4. The summed E-state index contributed by atoms with van der Waals surface area (Å²) in [4.78, 5) is 10.5. The Balaban J connectivity index is 2.17. The van der Waals surface area contributed by atoms with Gasteiger partial charge < -0.3 is 9.84 Å². The van der Waals surface area contributed by atoms with Gasteiger partial charge in [0, 0.05) is 11.1 Å². The molecule has 6 heteroatoms. The van der Waals surface area contributed by atoms with Gasteiger partial charge in [-0.2, -0.15) is 0 Å². The van der Waals surface area contributed by atoms with Crippen LogP contribution in [0.15, 0.2) is 42.5 Å². The van der Waals surface area contributed by atoms with E-state index in [1.807, 2.05) is 0 Å². The quantitative estimate of drug-likeness (QED) is 0.672. The van der Waals surface area contributed by atoms with Gasteiger partial charge in [-0.25, -0.2) is 0 Å². The van der Waals surface area contributed by atoms with Crippen molar-refractivity contribution < 1.29 is 14.8 Å². The molecule has 0 aliphatic rings. The first kappa shape index (κ1) is 15.3. The van der Waals surface area contributed by atoms with E-state index >= 15 is 0 Å². The Labute approximate surface area is 126 Å². The van der Waals surface area contributed by atoms with Gasteiger partial charge in [-0.15, -0.1) is 0 Å². The lowest BCUT2D eigenvalue weighted by atomic mass is 10.1. The lowest BCUT2D eigenvalue weighted by molar-refractivity contribution is -0.385. The fraction of sp³-hybridized carbons (Fsp3) is 0.200. The van der Waals surface area contributed by atoms with Crippen LogP contribution in [0.25, 0.3) is 0 Å². The number of hydrogen-bond donors (Lipinski definition) is 1. The Kier molecular flexibility index (Phi) is 4.77. The van der Waals surface area contributed by atoms with Crippen molar-refractivity contribution in [2.45, 2.75) is 19.6 Å². The molecule has 0 aromatic heterocycles. The van der Waals surface area contributed by atoms with Crippen molar-refractivity contribution in [3.8, 4) is 5.75 Å². The zero-order valence-corrected chi connectivity index (χ0v) is 12.1. The van der Waals surface area contributed by atoms with Crippen molar-refractivity contribution >= 4 is 17.3 Å². The number of hydrogen-bond acceptors (Lipinski definition) is 4. The molecule has 1 N–H and O–H groups in total. The highest BCUT2D eigenvalue weighted by Crippen LogP contribution is 2.25. The second-order valence-electron chi connectivity index (χ2n) is 4.57. The van der Waals surface area contributed by atoms with Crippen LogP contribution < -0.4 is 4.74 Å². The van der Waals surface area contributed by atoms with Crippen LogP contribution >= 0.6 is 11.6 Å². The predicted molar refractivity (Wildman–Crippen MR) is 79.5 cm³/mol. The molecule has 0 radical (unpaired) electrons. The first-order chi connectivity index (χ1) is 9.97. The Bertz CT molecular complexity index is 658. The molecule has 0 aliphatic heterocycles. The first-order valence-corrected chi connectivity index (χ1v) is 6.69. The fourth-order valence-corrected chi connectivity index (χ4v) is 2.02. The molecule has 0 aliphatic carbocycles. The van der Waals surface area contributed by atoms with Crippen molar-refractivity contribution in [1.82, 2.24) is 0 Å². The van der Waals surface area contributed by atoms with Crippen LogP contribution in [0.1, 0.15) is 24.2 Å². The average Bonchev–Trinajstić information content (AvgIpc) is 2.46. The maximum absolute atomic E-state index is 11.0. The highest BCUT2D eigenvalue weighted by molar-refractivity contribution is 6.30. The monoisotopic (exact) mass is 307 g/mol. The smallest absolute Gasteiger partial charge is 0.277 e. The SMILES string of the molecule is CC(O)c1cccc(OCc2ccc(Cl)cc2[N+](=O)[O-])c1. The Morgan fingerprint density at radius 2 is 2.10 bits per heavy atom.